The summed E-state index contributed by atoms with van der Waals surface area (Å²) in [5.41, 5.74) is 6.63. The van der Waals surface area contributed by atoms with Crippen molar-refractivity contribution in [3.8, 4) is 11.8 Å². The zero-order chi connectivity index (χ0) is 24.0. The van der Waals surface area contributed by atoms with E-state index in [9.17, 15) is 4.79 Å². The number of aryl methyl sites for hydroxylation is 2. The molecule has 0 bridgehead atoms. The maximum Gasteiger partial charge on any atom is 0.307 e. The average molecular weight is 448 g/mol. The highest BCUT2D eigenvalue weighted by molar-refractivity contribution is 6.08. The highest BCUT2D eigenvalue weighted by Crippen LogP contribution is 2.46. The van der Waals surface area contributed by atoms with Crippen molar-refractivity contribution in [3.63, 3.8) is 0 Å². The molecule has 176 valence electrons. The van der Waals surface area contributed by atoms with E-state index in [0.717, 1.165) is 36.2 Å². The average Bonchev–Trinajstić information content (AvgIpc) is 3.59. The molecule has 4 nitrogen and oxygen atoms in total. The fraction of sp³-hybridized carbons (Fsp3) is 0.483. The largest absolute Gasteiger partial charge is 0.486 e. The van der Waals surface area contributed by atoms with Crippen molar-refractivity contribution in [2.45, 2.75) is 78.7 Å². The van der Waals surface area contributed by atoms with Crippen molar-refractivity contribution < 1.29 is 14.3 Å². The van der Waals surface area contributed by atoms with E-state index in [-0.39, 0.29) is 12.0 Å². The van der Waals surface area contributed by atoms with E-state index >= 15 is 0 Å². The van der Waals surface area contributed by atoms with Gasteiger partial charge in [0.2, 0.25) is 0 Å². The maximum atomic E-state index is 13.5. The Morgan fingerprint density at radius 2 is 1.97 bits per heavy atom. The van der Waals surface area contributed by atoms with E-state index in [2.05, 4.69) is 51.3 Å². The summed E-state index contributed by atoms with van der Waals surface area (Å²) in [6.45, 7) is 15.3. The summed E-state index contributed by atoms with van der Waals surface area (Å²) in [5, 5.41) is 0. The molecule has 1 heterocycles. The second kappa shape index (κ2) is 11.4. The minimum absolute atomic E-state index is 0.0612. The number of nitrogens with zero attached hydrogens (tertiary/aromatic N) is 1. The standard InChI is InChI=1S/C29H37NO3/c1-7-10-12-27(22(6)15-24(9-3)33-25-18-32-19-25)30(29(31)11-8-2)28-17-21(5)20(4)16-26(28)23-13-14-23/h9,15-17,23,25H,3,7,10,12-14,18-19H2,1-2,4-6H3/b24-15+,27-22+. The molecule has 1 saturated heterocycles. The number of anilines is 1. The van der Waals surface area contributed by atoms with Gasteiger partial charge in [0.1, 0.15) is 11.9 Å². The number of allylic oxidation sites excluding steroid dienone is 4. The number of carbonyl (C=O) groups is 1. The van der Waals surface area contributed by atoms with Gasteiger partial charge in [0.05, 0.1) is 18.9 Å². The van der Waals surface area contributed by atoms with Crippen LogP contribution < -0.4 is 4.90 Å². The van der Waals surface area contributed by atoms with Crippen LogP contribution in [0.25, 0.3) is 0 Å². The van der Waals surface area contributed by atoms with E-state index < -0.39 is 0 Å². The van der Waals surface area contributed by atoms with Crippen molar-refractivity contribution in [3.05, 3.63) is 64.6 Å². The Morgan fingerprint density at radius 3 is 2.52 bits per heavy atom. The fourth-order valence-corrected chi connectivity index (χ4v) is 4.02. The third-order valence-corrected chi connectivity index (χ3v) is 6.30. The van der Waals surface area contributed by atoms with Crippen LogP contribution in [0.4, 0.5) is 5.69 Å². The molecule has 4 heteroatoms. The first-order chi connectivity index (χ1) is 15.9. The van der Waals surface area contributed by atoms with Gasteiger partial charge in [-0.15, -0.1) is 0 Å². The number of hydrogen-bond acceptors (Lipinski definition) is 3. The zero-order valence-corrected chi connectivity index (χ0v) is 20.8. The number of unbranched alkanes of at least 4 members (excludes halogenated alkanes) is 1. The summed E-state index contributed by atoms with van der Waals surface area (Å²) < 4.78 is 11.2. The summed E-state index contributed by atoms with van der Waals surface area (Å²) in [5.74, 6) is 6.65. The molecule has 2 aliphatic rings. The van der Waals surface area contributed by atoms with Crippen LogP contribution in [-0.4, -0.2) is 25.2 Å². The summed E-state index contributed by atoms with van der Waals surface area (Å²) in [6.07, 6.45) is 8.92. The molecule has 1 aromatic carbocycles. The van der Waals surface area contributed by atoms with E-state index in [1.807, 2.05) is 17.9 Å². The number of amides is 1. The lowest BCUT2D eigenvalue weighted by atomic mass is 9.98. The molecule has 1 aromatic rings. The number of rotatable bonds is 10. The molecule has 1 saturated carbocycles. The number of benzene rings is 1. The van der Waals surface area contributed by atoms with Crippen LogP contribution in [0, 0.1) is 25.7 Å². The SMILES string of the molecule is C=C/C(=C\C(C)=C(/CCCC)N(C(=O)C#CC)c1cc(C)c(C)cc1C1CC1)OC1COC1. The summed E-state index contributed by atoms with van der Waals surface area (Å²) in [4.78, 5) is 15.3. The Kier molecular flexibility index (Phi) is 8.58. The first kappa shape index (κ1) is 24.9. The maximum absolute atomic E-state index is 13.5. The molecule has 0 spiro atoms. The van der Waals surface area contributed by atoms with Crippen LogP contribution in [0.1, 0.15) is 75.5 Å². The number of hydrogen-bond donors (Lipinski definition) is 0. The Labute approximate surface area is 199 Å². The molecule has 1 aliphatic carbocycles. The topological polar surface area (TPSA) is 38.8 Å². The van der Waals surface area contributed by atoms with Crippen LogP contribution in [0.15, 0.2) is 47.9 Å². The van der Waals surface area contributed by atoms with Crippen molar-refractivity contribution in [1.82, 2.24) is 0 Å². The molecule has 3 rings (SSSR count). The predicted octanol–water partition coefficient (Wildman–Crippen LogP) is 6.49. The Hall–Kier alpha value is -2.77. The Bertz CT molecular complexity index is 1010. The number of ether oxygens (including phenoxy) is 2. The summed E-state index contributed by atoms with van der Waals surface area (Å²) in [6, 6.07) is 4.43. The van der Waals surface area contributed by atoms with Crippen molar-refractivity contribution in [2.24, 2.45) is 0 Å². The van der Waals surface area contributed by atoms with Crippen LogP contribution in [0.2, 0.25) is 0 Å². The minimum atomic E-state index is -0.185. The lowest BCUT2D eigenvalue weighted by Crippen LogP contribution is -2.35. The van der Waals surface area contributed by atoms with Crippen molar-refractivity contribution in [2.75, 3.05) is 18.1 Å². The molecule has 0 unspecified atom stereocenters. The lowest BCUT2D eigenvalue weighted by Gasteiger charge is -2.29. The highest BCUT2D eigenvalue weighted by atomic mass is 16.6. The van der Waals surface area contributed by atoms with E-state index in [1.165, 1.54) is 29.5 Å². The molecule has 33 heavy (non-hydrogen) atoms. The fourth-order valence-electron chi connectivity index (χ4n) is 4.02. The Morgan fingerprint density at radius 1 is 1.27 bits per heavy atom. The van der Waals surface area contributed by atoms with Gasteiger partial charge < -0.3 is 9.47 Å². The number of carbonyl (C=O) groups excluding carboxylic acids is 1. The summed E-state index contributed by atoms with van der Waals surface area (Å²) >= 11 is 0. The zero-order valence-electron chi connectivity index (χ0n) is 20.8. The second-order valence-corrected chi connectivity index (χ2v) is 9.05. The smallest absolute Gasteiger partial charge is 0.307 e. The highest BCUT2D eigenvalue weighted by Gasteiger charge is 2.31. The first-order valence-electron chi connectivity index (χ1n) is 12.1. The van der Waals surface area contributed by atoms with Gasteiger partial charge in [-0.1, -0.05) is 31.9 Å². The van der Waals surface area contributed by atoms with E-state index in [0.29, 0.717) is 24.9 Å². The molecular formula is C29H37NO3. The minimum Gasteiger partial charge on any atom is -0.486 e. The molecule has 0 N–H and O–H groups in total. The second-order valence-electron chi connectivity index (χ2n) is 9.05. The molecular weight excluding hydrogens is 410 g/mol. The van der Waals surface area contributed by atoms with E-state index in [4.69, 9.17) is 9.47 Å². The summed E-state index contributed by atoms with van der Waals surface area (Å²) in [7, 11) is 0. The molecule has 0 aromatic heterocycles. The molecule has 1 aliphatic heterocycles. The van der Waals surface area contributed by atoms with Crippen molar-refractivity contribution in [1.29, 1.82) is 0 Å². The van der Waals surface area contributed by atoms with Crippen LogP contribution in [0.5, 0.6) is 0 Å². The van der Waals surface area contributed by atoms with Gasteiger partial charge in [-0.05, 0) is 106 Å². The van der Waals surface area contributed by atoms with Gasteiger partial charge in [-0.25, -0.2) is 0 Å². The van der Waals surface area contributed by atoms with E-state index in [1.54, 1.807) is 13.0 Å². The van der Waals surface area contributed by atoms with Gasteiger partial charge in [0.25, 0.3) is 0 Å². The van der Waals surface area contributed by atoms with Gasteiger partial charge in [0.15, 0.2) is 0 Å². The predicted molar refractivity (Wildman–Crippen MR) is 135 cm³/mol. The van der Waals surface area contributed by atoms with Crippen LogP contribution in [-0.2, 0) is 14.3 Å². The van der Waals surface area contributed by atoms with Gasteiger partial charge in [-0.3, -0.25) is 9.69 Å². The van der Waals surface area contributed by atoms with Crippen LogP contribution in [0.3, 0.4) is 0 Å². The van der Waals surface area contributed by atoms with Gasteiger partial charge >= 0.3 is 5.91 Å². The van der Waals surface area contributed by atoms with Crippen molar-refractivity contribution >= 4 is 11.6 Å². The normalized spacial score (nSPS) is 16.8. The Balaban J connectivity index is 2.14. The molecule has 1 amide bonds. The lowest BCUT2D eigenvalue weighted by molar-refractivity contribution is -0.113. The molecule has 2 fully saturated rings. The quantitative estimate of drug-likeness (QED) is 0.234. The monoisotopic (exact) mass is 447 g/mol. The first-order valence-corrected chi connectivity index (χ1v) is 12.1. The van der Waals surface area contributed by atoms with Crippen LogP contribution >= 0.6 is 0 Å². The van der Waals surface area contributed by atoms with Gasteiger partial charge in [0, 0.05) is 5.70 Å². The molecule has 0 radical (unpaired) electrons. The molecule has 0 atom stereocenters. The third-order valence-electron chi connectivity index (χ3n) is 6.30. The van der Waals surface area contributed by atoms with Gasteiger partial charge in [-0.2, -0.15) is 0 Å². The third kappa shape index (κ3) is 6.18.